The van der Waals surface area contributed by atoms with E-state index in [1.54, 1.807) is 30.3 Å². The van der Waals surface area contributed by atoms with Gasteiger partial charge in [0.15, 0.2) is 5.75 Å². The Morgan fingerprint density at radius 3 is 2.44 bits per heavy atom. The molecule has 0 aromatic heterocycles. The molecule has 0 unspecified atom stereocenters. The number of carbonyl (C=O) groups excluding carboxylic acids is 2. The van der Waals surface area contributed by atoms with Crippen LogP contribution in [0.15, 0.2) is 66.7 Å². The van der Waals surface area contributed by atoms with Crippen molar-refractivity contribution in [2.45, 2.75) is 6.92 Å². The molecular weight excluding hydrogens is 344 g/mol. The molecule has 3 aromatic carbocycles. The van der Waals surface area contributed by atoms with Gasteiger partial charge in [0.2, 0.25) is 6.41 Å². The van der Waals surface area contributed by atoms with Crippen LogP contribution in [0.3, 0.4) is 0 Å². The molecular formula is C21H18N2O4. The van der Waals surface area contributed by atoms with Gasteiger partial charge in [-0.1, -0.05) is 24.3 Å². The molecule has 2 amide bonds. The average Bonchev–Trinajstić information content (AvgIpc) is 2.67. The highest BCUT2D eigenvalue weighted by molar-refractivity contribution is 6.07. The van der Waals surface area contributed by atoms with E-state index in [4.69, 9.17) is 4.74 Å². The molecule has 0 saturated carbocycles. The van der Waals surface area contributed by atoms with Crippen LogP contribution in [0.5, 0.6) is 17.2 Å². The Labute approximate surface area is 156 Å². The molecule has 6 heteroatoms. The predicted octanol–water partition coefficient (Wildman–Crippen LogP) is 4.31. The molecule has 3 N–H and O–H groups in total. The molecule has 6 nitrogen and oxygen atoms in total. The number of aromatic hydroxyl groups is 1. The number of benzene rings is 3. The monoisotopic (exact) mass is 362 g/mol. The zero-order valence-electron chi connectivity index (χ0n) is 14.6. The molecule has 0 aliphatic carbocycles. The number of phenols is 1. The van der Waals surface area contributed by atoms with Crippen LogP contribution >= 0.6 is 0 Å². The van der Waals surface area contributed by atoms with Crippen LogP contribution in [-0.2, 0) is 4.79 Å². The molecule has 27 heavy (non-hydrogen) atoms. The Kier molecular flexibility index (Phi) is 5.37. The van der Waals surface area contributed by atoms with Gasteiger partial charge in [0.25, 0.3) is 5.91 Å². The third-order valence-corrected chi connectivity index (χ3v) is 3.93. The van der Waals surface area contributed by atoms with Gasteiger partial charge < -0.3 is 20.5 Å². The van der Waals surface area contributed by atoms with Crippen molar-refractivity contribution in [2.75, 3.05) is 10.6 Å². The molecule has 0 aliphatic rings. The van der Waals surface area contributed by atoms with Crippen LogP contribution in [-0.4, -0.2) is 17.4 Å². The van der Waals surface area contributed by atoms with Gasteiger partial charge >= 0.3 is 0 Å². The Balaban J connectivity index is 1.71. The molecule has 0 saturated heterocycles. The zero-order chi connectivity index (χ0) is 19.2. The Morgan fingerprint density at radius 2 is 1.74 bits per heavy atom. The Bertz CT molecular complexity index is 968. The first-order chi connectivity index (χ1) is 13.1. The van der Waals surface area contributed by atoms with E-state index in [1.807, 2.05) is 31.2 Å². The SMILES string of the molecule is Cc1ccccc1Oc1ccc(NC(=O)c2cccc(NC=O)c2O)cc1. The number of nitrogens with one attached hydrogen (secondary N) is 2. The van der Waals surface area contributed by atoms with Gasteiger partial charge in [-0.15, -0.1) is 0 Å². The molecule has 0 aliphatic heterocycles. The summed E-state index contributed by atoms with van der Waals surface area (Å²) in [4.78, 5) is 22.9. The molecule has 136 valence electrons. The molecule has 0 bridgehead atoms. The molecule has 0 heterocycles. The minimum Gasteiger partial charge on any atom is -0.505 e. The minimum absolute atomic E-state index is 0.0575. The van der Waals surface area contributed by atoms with Crippen molar-refractivity contribution in [3.63, 3.8) is 0 Å². The van der Waals surface area contributed by atoms with Crippen LogP contribution in [0.25, 0.3) is 0 Å². The fourth-order valence-corrected chi connectivity index (χ4v) is 2.51. The number of hydrogen-bond acceptors (Lipinski definition) is 4. The van der Waals surface area contributed by atoms with Gasteiger partial charge in [-0.05, 0) is 55.0 Å². The van der Waals surface area contributed by atoms with E-state index in [-0.39, 0.29) is 17.0 Å². The summed E-state index contributed by atoms with van der Waals surface area (Å²) < 4.78 is 5.82. The fraction of sp³-hybridized carbons (Fsp3) is 0.0476. The summed E-state index contributed by atoms with van der Waals surface area (Å²) in [5.41, 5.74) is 1.79. The van der Waals surface area contributed by atoms with Gasteiger partial charge in [0.1, 0.15) is 11.5 Å². The number of carbonyl (C=O) groups is 2. The van der Waals surface area contributed by atoms with Crippen molar-refractivity contribution >= 4 is 23.7 Å². The topological polar surface area (TPSA) is 87.7 Å². The number of hydrogen-bond donors (Lipinski definition) is 3. The summed E-state index contributed by atoms with van der Waals surface area (Å²) in [5.74, 6) is 0.622. The van der Waals surface area contributed by atoms with Crippen molar-refractivity contribution < 1.29 is 19.4 Å². The van der Waals surface area contributed by atoms with Crippen LogP contribution in [0, 0.1) is 6.92 Å². The van der Waals surface area contributed by atoms with Gasteiger partial charge in [0.05, 0.1) is 11.3 Å². The lowest BCUT2D eigenvalue weighted by atomic mass is 10.1. The molecule has 0 radical (unpaired) electrons. The number of phenolic OH excluding ortho intramolecular Hbond substituents is 1. The summed E-state index contributed by atoms with van der Waals surface area (Å²) >= 11 is 0. The standard InChI is InChI=1S/C21H18N2O4/c1-14-5-2-3-8-19(14)27-16-11-9-15(10-12-16)23-21(26)17-6-4-7-18(20(17)25)22-13-24/h2-13,25H,1H3,(H,22,24)(H,23,26). The van der Waals surface area contributed by atoms with Crippen molar-refractivity contribution in [2.24, 2.45) is 0 Å². The van der Waals surface area contributed by atoms with Gasteiger partial charge in [-0.3, -0.25) is 9.59 Å². The quantitative estimate of drug-likeness (QED) is 0.450. The first-order valence-electron chi connectivity index (χ1n) is 8.25. The number of aryl methyl sites for hydroxylation is 1. The second kappa shape index (κ2) is 8.05. The summed E-state index contributed by atoms with van der Waals surface area (Å²) in [6.07, 6.45) is 0.434. The van der Waals surface area contributed by atoms with E-state index in [1.165, 1.54) is 12.1 Å². The number of para-hydroxylation sites is 2. The first-order valence-corrected chi connectivity index (χ1v) is 8.25. The molecule has 0 spiro atoms. The summed E-state index contributed by atoms with van der Waals surface area (Å²) in [5, 5.41) is 15.1. The Hall–Kier alpha value is -3.80. The maximum atomic E-state index is 12.4. The number of anilines is 2. The van der Waals surface area contributed by atoms with Gasteiger partial charge in [0, 0.05) is 5.69 Å². The van der Waals surface area contributed by atoms with Gasteiger partial charge in [-0.2, -0.15) is 0 Å². The highest BCUT2D eigenvalue weighted by Gasteiger charge is 2.14. The van der Waals surface area contributed by atoms with E-state index in [9.17, 15) is 14.7 Å². The highest BCUT2D eigenvalue weighted by Crippen LogP contribution is 2.29. The third-order valence-electron chi connectivity index (χ3n) is 3.93. The van der Waals surface area contributed by atoms with E-state index < -0.39 is 5.91 Å². The average molecular weight is 362 g/mol. The summed E-state index contributed by atoms with van der Waals surface area (Å²) in [7, 11) is 0. The predicted molar refractivity (Wildman–Crippen MR) is 103 cm³/mol. The van der Waals surface area contributed by atoms with E-state index in [0.29, 0.717) is 17.8 Å². The molecule has 3 rings (SSSR count). The van der Waals surface area contributed by atoms with Gasteiger partial charge in [-0.25, -0.2) is 0 Å². The Morgan fingerprint density at radius 1 is 1.00 bits per heavy atom. The van der Waals surface area contributed by atoms with E-state index >= 15 is 0 Å². The highest BCUT2D eigenvalue weighted by atomic mass is 16.5. The fourth-order valence-electron chi connectivity index (χ4n) is 2.51. The van der Waals surface area contributed by atoms with Crippen molar-refractivity contribution in [1.29, 1.82) is 0 Å². The van der Waals surface area contributed by atoms with Crippen molar-refractivity contribution in [3.05, 3.63) is 77.9 Å². The third kappa shape index (κ3) is 4.24. The lowest BCUT2D eigenvalue weighted by Gasteiger charge is -2.11. The zero-order valence-corrected chi connectivity index (χ0v) is 14.6. The van der Waals surface area contributed by atoms with Crippen LogP contribution in [0.4, 0.5) is 11.4 Å². The van der Waals surface area contributed by atoms with E-state index in [0.717, 1.165) is 11.3 Å². The lowest BCUT2D eigenvalue weighted by molar-refractivity contribution is -0.105. The van der Waals surface area contributed by atoms with Crippen molar-refractivity contribution in [3.8, 4) is 17.2 Å². The maximum Gasteiger partial charge on any atom is 0.259 e. The normalized spacial score (nSPS) is 10.1. The molecule has 3 aromatic rings. The molecule has 0 atom stereocenters. The number of amides is 2. The lowest BCUT2D eigenvalue weighted by Crippen LogP contribution is -2.12. The maximum absolute atomic E-state index is 12.4. The van der Waals surface area contributed by atoms with Crippen LogP contribution in [0.2, 0.25) is 0 Å². The van der Waals surface area contributed by atoms with E-state index in [2.05, 4.69) is 10.6 Å². The second-order valence-corrected chi connectivity index (χ2v) is 5.81. The number of rotatable bonds is 6. The van der Waals surface area contributed by atoms with Crippen LogP contribution in [0.1, 0.15) is 15.9 Å². The largest absolute Gasteiger partial charge is 0.505 e. The summed E-state index contributed by atoms with van der Waals surface area (Å²) in [6, 6.07) is 19.1. The second-order valence-electron chi connectivity index (χ2n) is 5.81. The smallest absolute Gasteiger partial charge is 0.259 e. The van der Waals surface area contributed by atoms with Crippen LogP contribution < -0.4 is 15.4 Å². The summed E-state index contributed by atoms with van der Waals surface area (Å²) in [6.45, 7) is 1.96. The minimum atomic E-state index is -0.491. The molecule has 0 fully saturated rings. The number of ether oxygens (including phenoxy) is 1. The first kappa shape index (κ1) is 18.0. The van der Waals surface area contributed by atoms with Crippen molar-refractivity contribution in [1.82, 2.24) is 0 Å².